The Balaban J connectivity index is 1.87. The number of benzene rings is 1. The number of nitrogens with zero attached hydrogens (tertiary/aromatic N) is 1. The Kier molecular flexibility index (Phi) is 2.47. The Morgan fingerprint density at radius 2 is 2.28 bits per heavy atom. The van der Waals surface area contributed by atoms with Crippen molar-refractivity contribution in [2.24, 2.45) is 5.92 Å². The Labute approximate surface area is 104 Å². The highest BCUT2D eigenvalue weighted by Gasteiger charge is 2.35. The average molecular weight is 246 g/mol. The summed E-state index contributed by atoms with van der Waals surface area (Å²) in [5.74, 6) is -1.59. The molecule has 18 heavy (non-hydrogen) atoms. The Morgan fingerprint density at radius 3 is 3.00 bits per heavy atom. The van der Waals surface area contributed by atoms with Crippen molar-refractivity contribution in [3.05, 3.63) is 23.8 Å². The van der Waals surface area contributed by atoms with Crippen LogP contribution < -0.4 is 10.2 Å². The molecule has 1 fully saturated rings. The van der Waals surface area contributed by atoms with Crippen molar-refractivity contribution < 1.29 is 14.7 Å². The Morgan fingerprint density at radius 1 is 1.44 bits per heavy atom. The predicted molar refractivity (Wildman–Crippen MR) is 66.7 cm³/mol. The molecule has 5 nitrogen and oxygen atoms in total. The van der Waals surface area contributed by atoms with E-state index in [1.807, 2.05) is 18.2 Å². The number of hydrogen-bond donors (Lipinski definition) is 2. The van der Waals surface area contributed by atoms with Gasteiger partial charge in [-0.25, -0.2) is 0 Å². The Bertz CT molecular complexity index is 527. The molecule has 2 aliphatic heterocycles. The van der Waals surface area contributed by atoms with Crippen LogP contribution in [0.25, 0.3) is 0 Å². The summed E-state index contributed by atoms with van der Waals surface area (Å²) in [6, 6.07) is 5.84. The SMILES string of the molecule is O=C(O)C1CC(=O)N(c2ccc3c(c2)NCC3)C1. The summed E-state index contributed by atoms with van der Waals surface area (Å²) in [5.41, 5.74) is 3.09. The lowest BCUT2D eigenvalue weighted by molar-refractivity contribution is -0.141. The number of carboxylic acids is 1. The van der Waals surface area contributed by atoms with Gasteiger partial charge in [0, 0.05) is 30.9 Å². The van der Waals surface area contributed by atoms with Gasteiger partial charge >= 0.3 is 5.97 Å². The van der Waals surface area contributed by atoms with Crippen molar-refractivity contribution in [3.8, 4) is 0 Å². The van der Waals surface area contributed by atoms with Crippen LogP contribution in [0.5, 0.6) is 0 Å². The molecule has 1 amide bonds. The molecule has 5 heteroatoms. The molecule has 0 aliphatic carbocycles. The maximum absolute atomic E-state index is 11.8. The van der Waals surface area contributed by atoms with Crippen molar-refractivity contribution in [1.29, 1.82) is 0 Å². The molecule has 2 aliphatic rings. The van der Waals surface area contributed by atoms with Crippen molar-refractivity contribution in [2.45, 2.75) is 12.8 Å². The molecule has 0 aromatic heterocycles. The van der Waals surface area contributed by atoms with Gasteiger partial charge in [-0.3, -0.25) is 9.59 Å². The standard InChI is InChI=1S/C13H14N2O3/c16-12-5-9(13(17)18)7-15(12)10-2-1-8-3-4-14-11(8)6-10/h1-2,6,9,14H,3-5,7H2,(H,17,18). The molecule has 0 bridgehead atoms. The van der Waals surface area contributed by atoms with E-state index in [1.54, 1.807) is 4.90 Å². The van der Waals surface area contributed by atoms with E-state index < -0.39 is 11.9 Å². The number of nitrogens with one attached hydrogen (secondary N) is 1. The van der Waals surface area contributed by atoms with E-state index in [4.69, 9.17) is 5.11 Å². The second kappa shape index (κ2) is 4.01. The highest BCUT2D eigenvalue weighted by molar-refractivity contribution is 5.99. The predicted octanol–water partition coefficient (Wildman–Crippen LogP) is 1.09. The van der Waals surface area contributed by atoms with Crippen molar-refractivity contribution >= 4 is 23.3 Å². The third-order valence-corrected chi connectivity index (χ3v) is 3.59. The number of hydrogen-bond acceptors (Lipinski definition) is 3. The number of aliphatic carboxylic acids is 1. The molecule has 1 saturated heterocycles. The summed E-state index contributed by atoms with van der Waals surface area (Å²) in [6.07, 6.45) is 1.10. The quantitative estimate of drug-likeness (QED) is 0.819. The van der Waals surface area contributed by atoms with E-state index in [1.165, 1.54) is 5.56 Å². The zero-order valence-corrected chi connectivity index (χ0v) is 9.85. The first kappa shape index (κ1) is 11.1. The molecule has 2 N–H and O–H groups in total. The molecule has 1 aromatic carbocycles. The normalized spacial score (nSPS) is 21.9. The minimum atomic E-state index is -0.898. The fourth-order valence-electron chi connectivity index (χ4n) is 2.57. The summed E-state index contributed by atoms with van der Waals surface area (Å²) in [7, 11) is 0. The van der Waals surface area contributed by atoms with Crippen LogP contribution in [0.1, 0.15) is 12.0 Å². The molecule has 94 valence electrons. The van der Waals surface area contributed by atoms with E-state index in [2.05, 4.69) is 5.32 Å². The second-order valence-corrected chi connectivity index (χ2v) is 4.76. The summed E-state index contributed by atoms with van der Waals surface area (Å²) in [6.45, 7) is 1.19. The maximum atomic E-state index is 11.8. The molecule has 0 radical (unpaired) electrons. The summed E-state index contributed by atoms with van der Waals surface area (Å²) in [4.78, 5) is 24.3. The summed E-state index contributed by atoms with van der Waals surface area (Å²) >= 11 is 0. The fourth-order valence-corrected chi connectivity index (χ4v) is 2.57. The van der Waals surface area contributed by atoms with Gasteiger partial charge in [0.25, 0.3) is 0 Å². The van der Waals surface area contributed by atoms with Gasteiger partial charge in [0.15, 0.2) is 0 Å². The smallest absolute Gasteiger partial charge is 0.308 e. The van der Waals surface area contributed by atoms with Crippen LogP contribution in [-0.4, -0.2) is 30.1 Å². The van der Waals surface area contributed by atoms with Gasteiger partial charge in [-0.05, 0) is 24.1 Å². The average Bonchev–Trinajstić information content (AvgIpc) is 2.93. The van der Waals surface area contributed by atoms with E-state index in [0.29, 0.717) is 0 Å². The summed E-state index contributed by atoms with van der Waals surface area (Å²) < 4.78 is 0. The third-order valence-electron chi connectivity index (χ3n) is 3.59. The van der Waals surface area contributed by atoms with Gasteiger partial charge < -0.3 is 15.3 Å². The largest absolute Gasteiger partial charge is 0.481 e. The molecule has 1 unspecified atom stereocenters. The second-order valence-electron chi connectivity index (χ2n) is 4.76. The topological polar surface area (TPSA) is 69.6 Å². The van der Waals surface area contributed by atoms with Gasteiger partial charge in [0.05, 0.1) is 5.92 Å². The van der Waals surface area contributed by atoms with Crippen molar-refractivity contribution in [3.63, 3.8) is 0 Å². The highest BCUT2D eigenvalue weighted by Crippen LogP contribution is 2.31. The van der Waals surface area contributed by atoms with Gasteiger partial charge in [0.1, 0.15) is 0 Å². The number of carbonyl (C=O) groups is 2. The number of fused-ring (bicyclic) bond motifs is 1. The van der Waals surface area contributed by atoms with Crippen LogP contribution in [0.2, 0.25) is 0 Å². The molecule has 1 aromatic rings. The molecule has 2 heterocycles. The van der Waals surface area contributed by atoms with Crippen LogP contribution >= 0.6 is 0 Å². The monoisotopic (exact) mass is 246 g/mol. The minimum Gasteiger partial charge on any atom is -0.481 e. The fraction of sp³-hybridized carbons (Fsp3) is 0.385. The lowest BCUT2D eigenvalue weighted by Crippen LogP contribution is -2.25. The van der Waals surface area contributed by atoms with Crippen LogP contribution in [0, 0.1) is 5.92 Å². The number of carbonyl (C=O) groups excluding carboxylic acids is 1. The van der Waals surface area contributed by atoms with Gasteiger partial charge in [-0.2, -0.15) is 0 Å². The summed E-state index contributed by atoms with van der Waals surface area (Å²) in [5, 5.41) is 12.2. The first-order chi connectivity index (χ1) is 8.65. The third kappa shape index (κ3) is 1.72. The number of anilines is 2. The minimum absolute atomic E-state index is 0.0971. The molecule has 1 atom stereocenters. The first-order valence-corrected chi connectivity index (χ1v) is 6.05. The van der Waals surface area contributed by atoms with E-state index >= 15 is 0 Å². The molecule has 0 saturated carbocycles. The molecule has 3 rings (SSSR count). The first-order valence-electron chi connectivity index (χ1n) is 6.05. The lowest BCUT2D eigenvalue weighted by atomic mass is 10.1. The van der Waals surface area contributed by atoms with E-state index in [0.717, 1.165) is 24.3 Å². The molecular weight excluding hydrogens is 232 g/mol. The number of amides is 1. The highest BCUT2D eigenvalue weighted by atomic mass is 16.4. The number of carboxylic acid groups (broad SMARTS) is 1. The van der Waals surface area contributed by atoms with Gasteiger partial charge in [-0.15, -0.1) is 0 Å². The zero-order chi connectivity index (χ0) is 12.7. The van der Waals surface area contributed by atoms with Crippen LogP contribution in [0.4, 0.5) is 11.4 Å². The van der Waals surface area contributed by atoms with Crippen molar-refractivity contribution in [2.75, 3.05) is 23.3 Å². The Hall–Kier alpha value is -2.04. The number of rotatable bonds is 2. The maximum Gasteiger partial charge on any atom is 0.308 e. The van der Waals surface area contributed by atoms with Gasteiger partial charge in [0.2, 0.25) is 5.91 Å². The van der Waals surface area contributed by atoms with Crippen LogP contribution in [0.3, 0.4) is 0 Å². The molecular formula is C13H14N2O3. The van der Waals surface area contributed by atoms with E-state index in [9.17, 15) is 9.59 Å². The molecule has 0 spiro atoms. The van der Waals surface area contributed by atoms with E-state index in [-0.39, 0.29) is 18.9 Å². The zero-order valence-electron chi connectivity index (χ0n) is 9.85. The van der Waals surface area contributed by atoms with Crippen LogP contribution in [0.15, 0.2) is 18.2 Å². The van der Waals surface area contributed by atoms with Crippen molar-refractivity contribution in [1.82, 2.24) is 0 Å². The van der Waals surface area contributed by atoms with Gasteiger partial charge in [-0.1, -0.05) is 6.07 Å². The van der Waals surface area contributed by atoms with Crippen LogP contribution in [-0.2, 0) is 16.0 Å². The lowest BCUT2D eigenvalue weighted by Gasteiger charge is -2.17.